The van der Waals surface area contributed by atoms with E-state index < -0.39 is 23.6 Å². The summed E-state index contributed by atoms with van der Waals surface area (Å²) in [4.78, 5) is 16.9. The van der Waals surface area contributed by atoms with E-state index in [1.165, 1.54) is 20.3 Å². The summed E-state index contributed by atoms with van der Waals surface area (Å²) in [6.07, 6.45) is 0. The van der Waals surface area contributed by atoms with Gasteiger partial charge in [-0.05, 0) is 37.3 Å². The van der Waals surface area contributed by atoms with Gasteiger partial charge in [0.15, 0.2) is 23.0 Å². The van der Waals surface area contributed by atoms with Gasteiger partial charge in [0, 0.05) is 17.7 Å². The van der Waals surface area contributed by atoms with E-state index in [1.54, 1.807) is 25.1 Å². The molecule has 9 heteroatoms. The molecule has 0 spiro atoms. The molecule has 2 aromatic carbocycles. The van der Waals surface area contributed by atoms with Crippen molar-refractivity contribution in [1.82, 2.24) is 10.3 Å². The van der Waals surface area contributed by atoms with E-state index in [-0.39, 0.29) is 29.5 Å². The third-order valence-corrected chi connectivity index (χ3v) is 4.40. The summed E-state index contributed by atoms with van der Waals surface area (Å²) in [7, 11) is 3.00. The summed E-state index contributed by atoms with van der Waals surface area (Å²) >= 11 is 0. The predicted molar refractivity (Wildman–Crippen MR) is 105 cm³/mol. The molecule has 0 saturated heterocycles. The van der Waals surface area contributed by atoms with Gasteiger partial charge in [-0.2, -0.15) is 0 Å². The summed E-state index contributed by atoms with van der Waals surface area (Å²) in [5.74, 6) is -0.915. The number of hydrogen-bond donors (Lipinski definition) is 2. The molecular weight excluding hydrogens is 396 g/mol. The number of nitrogens with two attached hydrogens (primary N) is 1. The lowest BCUT2D eigenvalue weighted by atomic mass is 10.2. The van der Waals surface area contributed by atoms with E-state index in [0.29, 0.717) is 17.1 Å². The summed E-state index contributed by atoms with van der Waals surface area (Å²) < 4.78 is 43.8. The topological polar surface area (TPSA) is 99.6 Å². The van der Waals surface area contributed by atoms with Crippen molar-refractivity contribution >= 4 is 5.91 Å². The SMILES string of the molecule is COc1ccc(-c2nc(C(=O)NCc3c(F)cccc3F)c(C(C)N)o2)cc1OC. The van der Waals surface area contributed by atoms with Gasteiger partial charge in [-0.15, -0.1) is 0 Å². The number of amides is 1. The van der Waals surface area contributed by atoms with Gasteiger partial charge >= 0.3 is 0 Å². The third kappa shape index (κ3) is 4.25. The zero-order chi connectivity index (χ0) is 21.8. The van der Waals surface area contributed by atoms with Gasteiger partial charge in [-0.3, -0.25) is 4.79 Å². The number of carbonyl (C=O) groups is 1. The first-order chi connectivity index (χ1) is 14.3. The Morgan fingerprint density at radius 1 is 1.17 bits per heavy atom. The second-order valence-electron chi connectivity index (χ2n) is 6.47. The van der Waals surface area contributed by atoms with Crippen molar-refractivity contribution in [2.45, 2.75) is 19.5 Å². The van der Waals surface area contributed by atoms with E-state index >= 15 is 0 Å². The normalized spacial score (nSPS) is 11.8. The summed E-state index contributed by atoms with van der Waals surface area (Å²) in [5, 5.41) is 2.46. The maximum absolute atomic E-state index is 13.8. The number of benzene rings is 2. The number of hydrogen-bond acceptors (Lipinski definition) is 6. The average molecular weight is 417 g/mol. The van der Waals surface area contributed by atoms with Crippen LogP contribution in [-0.4, -0.2) is 25.1 Å². The first kappa shape index (κ1) is 21.3. The van der Waals surface area contributed by atoms with Crippen molar-refractivity contribution in [1.29, 1.82) is 0 Å². The molecule has 3 rings (SSSR count). The highest BCUT2D eigenvalue weighted by Gasteiger charge is 2.24. The van der Waals surface area contributed by atoms with Crippen LogP contribution in [0.4, 0.5) is 8.78 Å². The lowest BCUT2D eigenvalue weighted by molar-refractivity contribution is 0.0943. The summed E-state index contributed by atoms with van der Waals surface area (Å²) in [5.41, 5.74) is 6.14. The molecule has 158 valence electrons. The van der Waals surface area contributed by atoms with Gasteiger partial charge in [-0.1, -0.05) is 6.07 Å². The quantitative estimate of drug-likeness (QED) is 0.610. The molecule has 1 amide bonds. The van der Waals surface area contributed by atoms with Crippen LogP contribution in [0.15, 0.2) is 40.8 Å². The van der Waals surface area contributed by atoms with Crippen LogP contribution in [0.3, 0.4) is 0 Å². The second-order valence-corrected chi connectivity index (χ2v) is 6.47. The minimum Gasteiger partial charge on any atom is -0.493 e. The van der Waals surface area contributed by atoms with E-state index in [4.69, 9.17) is 19.6 Å². The third-order valence-electron chi connectivity index (χ3n) is 4.40. The molecule has 0 aliphatic heterocycles. The number of oxazole rings is 1. The van der Waals surface area contributed by atoms with Gasteiger partial charge in [0.2, 0.25) is 5.89 Å². The Kier molecular flexibility index (Phi) is 6.31. The molecule has 0 radical (unpaired) electrons. The lowest BCUT2D eigenvalue weighted by Crippen LogP contribution is -2.26. The molecule has 0 aliphatic rings. The van der Waals surface area contributed by atoms with Crippen LogP contribution in [0.1, 0.15) is 34.8 Å². The van der Waals surface area contributed by atoms with Crippen LogP contribution >= 0.6 is 0 Å². The molecule has 3 aromatic rings. The summed E-state index contributed by atoms with van der Waals surface area (Å²) in [6.45, 7) is 1.28. The molecule has 1 aromatic heterocycles. The minimum absolute atomic E-state index is 0.0634. The predicted octanol–water partition coefficient (Wildman–Crippen LogP) is 3.59. The molecule has 3 N–H and O–H groups in total. The highest BCUT2D eigenvalue weighted by Crippen LogP contribution is 2.33. The molecule has 1 unspecified atom stereocenters. The first-order valence-electron chi connectivity index (χ1n) is 9.05. The highest BCUT2D eigenvalue weighted by molar-refractivity contribution is 5.94. The van der Waals surface area contributed by atoms with Crippen LogP contribution in [0.2, 0.25) is 0 Å². The monoisotopic (exact) mass is 417 g/mol. The largest absolute Gasteiger partial charge is 0.493 e. The Morgan fingerprint density at radius 3 is 2.43 bits per heavy atom. The van der Waals surface area contributed by atoms with E-state index in [0.717, 1.165) is 12.1 Å². The maximum Gasteiger partial charge on any atom is 0.273 e. The molecule has 7 nitrogen and oxygen atoms in total. The van der Waals surface area contributed by atoms with E-state index in [9.17, 15) is 13.6 Å². The molecule has 1 heterocycles. The fourth-order valence-corrected chi connectivity index (χ4v) is 2.85. The fraction of sp³-hybridized carbons (Fsp3) is 0.238. The van der Waals surface area contributed by atoms with Gasteiger partial charge in [0.05, 0.1) is 20.3 Å². The van der Waals surface area contributed by atoms with Crippen molar-refractivity contribution in [2.75, 3.05) is 14.2 Å². The van der Waals surface area contributed by atoms with Crippen molar-refractivity contribution < 1.29 is 27.5 Å². The Bertz CT molecular complexity index is 1050. The Morgan fingerprint density at radius 2 is 1.83 bits per heavy atom. The molecule has 0 aliphatic carbocycles. The van der Waals surface area contributed by atoms with Crippen LogP contribution in [-0.2, 0) is 6.54 Å². The Hall–Kier alpha value is -3.46. The first-order valence-corrected chi connectivity index (χ1v) is 9.05. The molecule has 0 bridgehead atoms. The Labute approximate surface area is 171 Å². The smallest absolute Gasteiger partial charge is 0.273 e. The van der Waals surface area contributed by atoms with Crippen LogP contribution in [0.25, 0.3) is 11.5 Å². The number of rotatable bonds is 7. The van der Waals surface area contributed by atoms with Gasteiger partial charge in [-0.25, -0.2) is 13.8 Å². The zero-order valence-electron chi connectivity index (χ0n) is 16.7. The van der Waals surface area contributed by atoms with Crippen molar-refractivity contribution in [3.8, 4) is 23.0 Å². The highest BCUT2D eigenvalue weighted by atomic mass is 19.1. The fourth-order valence-electron chi connectivity index (χ4n) is 2.85. The standard InChI is InChI=1S/C21H21F2N3O4/c1-11(24)19-18(20(27)25-10-13-14(22)5-4-6-15(13)23)26-21(30-19)12-7-8-16(28-2)17(9-12)29-3/h4-9,11H,10,24H2,1-3H3,(H,25,27). The molecule has 0 fully saturated rings. The van der Waals surface area contributed by atoms with E-state index in [1.807, 2.05) is 0 Å². The van der Waals surface area contributed by atoms with Crippen molar-refractivity contribution in [3.05, 3.63) is 65.1 Å². The number of ether oxygens (including phenoxy) is 2. The zero-order valence-corrected chi connectivity index (χ0v) is 16.7. The molecule has 30 heavy (non-hydrogen) atoms. The number of nitrogens with one attached hydrogen (secondary N) is 1. The number of halogens is 2. The summed E-state index contributed by atoms with van der Waals surface area (Å²) in [6, 6.07) is 7.84. The minimum atomic E-state index is -0.756. The van der Waals surface area contributed by atoms with Gasteiger partial charge in [0.25, 0.3) is 5.91 Å². The number of aromatic nitrogens is 1. The van der Waals surface area contributed by atoms with Crippen molar-refractivity contribution in [3.63, 3.8) is 0 Å². The van der Waals surface area contributed by atoms with Crippen LogP contribution in [0.5, 0.6) is 11.5 Å². The number of nitrogens with zero attached hydrogens (tertiary/aromatic N) is 1. The number of carbonyl (C=O) groups excluding carboxylic acids is 1. The van der Waals surface area contributed by atoms with Crippen LogP contribution < -0.4 is 20.5 Å². The molecular formula is C21H21F2N3O4. The van der Waals surface area contributed by atoms with Crippen molar-refractivity contribution in [2.24, 2.45) is 5.73 Å². The number of methoxy groups -OCH3 is 2. The second kappa shape index (κ2) is 8.91. The van der Waals surface area contributed by atoms with Gasteiger partial charge in [0.1, 0.15) is 11.6 Å². The average Bonchev–Trinajstić information content (AvgIpc) is 3.18. The maximum atomic E-state index is 13.8. The molecule has 1 atom stereocenters. The van der Waals surface area contributed by atoms with Crippen LogP contribution in [0, 0.1) is 11.6 Å². The van der Waals surface area contributed by atoms with Gasteiger partial charge < -0.3 is 24.9 Å². The lowest BCUT2D eigenvalue weighted by Gasteiger charge is -2.07. The molecule has 0 saturated carbocycles. The van der Waals surface area contributed by atoms with E-state index in [2.05, 4.69) is 10.3 Å². The Balaban J connectivity index is 1.90.